The molecule has 0 aliphatic rings. The van der Waals surface area contributed by atoms with Crippen LogP contribution >= 0.6 is 0 Å². The second-order valence-corrected chi connectivity index (χ2v) is 3.92. The summed E-state index contributed by atoms with van der Waals surface area (Å²) in [6.07, 6.45) is 2.81. The van der Waals surface area contributed by atoms with Crippen LogP contribution in [0, 0.1) is 0 Å². The number of nitrogens with one attached hydrogen (secondary N) is 1. The first-order chi connectivity index (χ1) is 8.79. The molecular formula is C13H19N3O2. The number of hydrogen-bond donors (Lipinski definition) is 3. The van der Waals surface area contributed by atoms with E-state index in [0.717, 1.165) is 19.3 Å². The first-order valence-electron chi connectivity index (χ1n) is 6.05. The molecule has 1 aromatic rings. The Morgan fingerprint density at radius 1 is 1.22 bits per heavy atom. The molecule has 98 valence electrons. The normalized spacial score (nSPS) is 11.3. The highest BCUT2D eigenvalue weighted by Crippen LogP contribution is 2.01. The standard InChI is InChI=1S/C13H19N3O2/c14-9-5-2-6-10-15-13(17)12(16-18)11-7-3-1-4-8-11/h1,3-4,7-8,18H,2,5-6,9-10,14H2,(H,15,17)/b16-12+. The third-order valence-electron chi connectivity index (χ3n) is 2.53. The molecule has 0 aliphatic heterocycles. The number of nitrogens with two attached hydrogens (primary N) is 1. The van der Waals surface area contributed by atoms with Gasteiger partial charge in [-0.3, -0.25) is 4.79 Å². The van der Waals surface area contributed by atoms with Gasteiger partial charge in [0.05, 0.1) is 0 Å². The molecule has 0 aromatic heterocycles. The van der Waals surface area contributed by atoms with Gasteiger partial charge >= 0.3 is 0 Å². The highest BCUT2D eigenvalue weighted by molar-refractivity contribution is 6.45. The SMILES string of the molecule is NCCCCCNC(=O)/C(=N/O)c1ccccc1. The fraction of sp³-hybridized carbons (Fsp3) is 0.385. The summed E-state index contributed by atoms with van der Waals surface area (Å²) in [4.78, 5) is 11.8. The van der Waals surface area contributed by atoms with Crippen LogP contribution in [0.3, 0.4) is 0 Å². The molecule has 0 saturated heterocycles. The van der Waals surface area contributed by atoms with Gasteiger partial charge in [-0.2, -0.15) is 0 Å². The van der Waals surface area contributed by atoms with Gasteiger partial charge in [0.25, 0.3) is 5.91 Å². The monoisotopic (exact) mass is 249 g/mol. The quantitative estimate of drug-likeness (QED) is 0.293. The maximum Gasteiger partial charge on any atom is 0.273 e. The van der Waals surface area contributed by atoms with E-state index in [1.165, 1.54) is 0 Å². The van der Waals surface area contributed by atoms with E-state index in [0.29, 0.717) is 18.7 Å². The Hall–Kier alpha value is -1.88. The summed E-state index contributed by atoms with van der Waals surface area (Å²) in [5.74, 6) is -0.364. The molecule has 5 nitrogen and oxygen atoms in total. The van der Waals surface area contributed by atoms with E-state index >= 15 is 0 Å². The molecule has 0 fully saturated rings. The lowest BCUT2D eigenvalue weighted by atomic mass is 10.1. The first-order valence-corrected chi connectivity index (χ1v) is 6.05. The van der Waals surface area contributed by atoms with Crippen LogP contribution in [-0.4, -0.2) is 29.9 Å². The molecule has 0 spiro atoms. The van der Waals surface area contributed by atoms with Crippen LogP contribution in [0.25, 0.3) is 0 Å². The lowest BCUT2D eigenvalue weighted by molar-refractivity contribution is -0.114. The van der Waals surface area contributed by atoms with E-state index < -0.39 is 0 Å². The molecule has 0 bridgehead atoms. The van der Waals surface area contributed by atoms with Gasteiger partial charge in [0.1, 0.15) is 0 Å². The summed E-state index contributed by atoms with van der Waals surface area (Å²) < 4.78 is 0. The summed E-state index contributed by atoms with van der Waals surface area (Å²) in [5, 5.41) is 14.7. The molecule has 0 radical (unpaired) electrons. The van der Waals surface area contributed by atoms with Gasteiger partial charge in [0.15, 0.2) is 5.71 Å². The Bertz CT molecular complexity index is 390. The van der Waals surface area contributed by atoms with Crippen molar-refractivity contribution < 1.29 is 10.0 Å². The number of rotatable bonds is 7. The largest absolute Gasteiger partial charge is 0.410 e. The highest BCUT2D eigenvalue weighted by Gasteiger charge is 2.13. The average Bonchev–Trinajstić information content (AvgIpc) is 2.40. The van der Waals surface area contributed by atoms with E-state index in [1.54, 1.807) is 24.3 Å². The number of hydrogen-bond acceptors (Lipinski definition) is 4. The zero-order valence-electron chi connectivity index (χ0n) is 10.3. The predicted molar refractivity (Wildman–Crippen MR) is 70.7 cm³/mol. The minimum Gasteiger partial charge on any atom is -0.410 e. The number of amides is 1. The summed E-state index contributed by atoms with van der Waals surface area (Å²) in [7, 11) is 0. The minimum atomic E-state index is -0.364. The first kappa shape index (κ1) is 14.2. The van der Waals surface area contributed by atoms with Crippen LogP contribution in [0.5, 0.6) is 0 Å². The summed E-state index contributed by atoms with van der Waals surface area (Å²) in [5.41, 5.74) is 6.01. The van der Waals surface area contributed by atoms with Crippen molar-refractivity contribution >= 4 is 11.6 Å². The van der Waals surface area contributed by atoms with Crippen LogP contribution in [-0.2, 0) is 4.79 Å². The Labute approximate surface area is 107 Å². The summed E-state index contributed by atoms with van der Waals surface area (Å²) in [6.45, 7) is 1.23. The molecular weight excluding hydrogens is 230 g/mol. The Kier molecular flexibility index (Phi) is 6.50. The van der Waals surface area contributed by atoms with E-state index in [9.17, 15) is 4.79 Å². The molecule has 4 N–H and O–H groups in total. The molecule has 0 saturated carbocycles. The number of carbonyl (C=O) groups is 1. The molecule has 1 amide bonds. The molecule has 1 rings (SSSR count). The predicted octanol–water partition coefficient (Wildman–Crippen LogP) is 1.11. The number of benzene rings is 1. The van der Waals surface area contributed by atoms with Gasteiger partial charge in [-0.05, 0) is 19.4 Å². The van der Waals surface area contributed by atoms with Crippen LogP contribution in [0.1, 0.15) is 24.8 Å². The van der Waals surface area contributed by atoms with E-state index in [1.807, 2.05) is 6.07 Å². The second kappa shape index (κ2) is 8.25. The van der Waals surface area contributed by atoms with Crippen molar-refractivity contribution in [2.75, 3.05) is 13.1 Å². The zero-order chi connectivity index (χ0) is 13.2. The van der Waals surface area contributed by atoms with Crippen molar-refractivity contribution in [2.45, 2.75) is 19.3 Å². The van der Waals surface area contributed by atoms with Crippen LogP contribution in [0.2, 0.25) is 0 Å². The number of oxime groups is 1. The lowest BCUT2D eigenvalue weighted by Crippen LogP contribution is -2.32. The number of nitrogens with zero attached hydrogens (tertiary/aromatic N) is 1. The Balaban J connectivity index is 2.45. The van der Waals surface area contributed by atoms with Crippen molar-refractivity contribution in [2.24, 2.45) is 10.9 Å². The fourth-order valence-corrected chi connectivity index (χ4v) is 1.56. The maximum absolute atomic E-state index is 11.8. The van der Waals surface area contributed by atoms with Gasteiger partial charge in [-0.25, -0.2) is 0 Å². The van der Waals surface area contributed by atoms with Crippen LogP contribution in [0.4, 0.5) is 0 Å². The lowest BCUT2D eigenvalue weighted by Gasteiger charge is -2.06. The van der Waals surface area contributed by atoms with Crippen molar-refractivity contribution in [1.29, 1.82) is 0 Å². The zero-order valence-corrected chi connectivity index (χ0v) is 10.3. The minimum absolute atomic E-state index is 0.0365. The van der Waals surface area contributed by atoms with Crippen LogP contribution < -0.4 is 11.1 Å². The summed E-state index contributed by atoms with van der Waals surface area (Å²) in [6, 6.07) is 8.86. The highest BCUT2D eigenvalue weighted by atomic mass is 16.4. The Morgan fingerprint density at radius 3 is 2.56 bits per heavy atom. The molecule has 18 heavy (non-hydrogen) atoms. The maximum atomic E-state index is 11.8. The van der Waals surface area contributed by atoms with Crippen molar-refractivity contribution in [3.8, 4) is 0 Å². The molecule has 0 aliphatic carbocycles. The van der Waals surface area contributed by atoms with Gasteiger partial charge < -0.3 is 16.3 Å². The molecule has 0 heterocycles. The molecule has 1 aromatic carbocycles. The smallest absolute Gasteiger partial charge is 0.273 e. The van der Waals surface area contributed by atoms with Crippen molar-refractivity contribution in [1.82, 2.24) is 5.32 Å². The Morgan fingerprint density at radius 2 is 1.94 bits per heavy atom. The summed E-state index contributed by atoms with van der Waals surface area (Å²) >= 11 is 0. The van der Waals surface area contributed by atoms with E-state index in [2.05, 4.69) is 10.5 Å². The van der Waals surface area contributed by atoms with Gasteiger partial charge in [-0.1, -0.05) is 41.9 Å². The fourth-order valence-electron chi connectivity index (χ4n) is 1.56. The molecule has 0 atom stereocenters. The molecule has 0 unspecified atom stereocenters. The second-order valence-electron chi connectivity index (χ2n) is 3.92. The molecule has 5 heteroatoms. The van der Waals surface area contributed by atoms with Crippen LogP contribution in [0.15, 0.2) is 35.5 Å². The number of carbonyl (C=O) groups excluding carboxylic acids is 1. The topological polar surface area (TPSA) is 87.7 Å². The van der Waals surface area contributed by atoms with E-state index in [4.69, 9.17) is 10.9 Å². The number of unbranched alkanes of at least 4 members (excludes halogenated alkanes) is 2. The van der Waals surface area contributed by atoms with E-state index in [-0.39, 0.29) is 11.6 Å². The van der Waals surface area contributed by atoms with Gasteiger partial charge in [0.2, 0.25) is 0 Å². The van der Waals surface area contributed by atoms with Crippen molar-refractivity contribution in [3.63, 3.8) is 0 Å². The van der Waals surface area contributed by atoms with Crippen molar-refractivity contribution in [3.05, 3.63) is 35.9 Å². The van der Waals surface area contributed by atoms with Gasteiger partial charge in [0, 0.05) is 12.1 Å². The third kappa shape index (κ3) is 4.55. The third-order valence-corrected chi connectivity index (χ3v) is 2.53. The average molecular weight is 249 g/mol. The van der Waals surface area contributed by atoms with Gasteiger partial charge in [-0.15, -0.1) is 0 Å².